The van der Waals surface area contributed by atoms with Crippen LogP contribution in [0, 0.1) is 0 Å². The van der Waals surface area contributed by atoms with Crippen molar-refractivity contribution in [2.45, 2.75) is 19.3 Å². The van der Waals surface area contributed by atoms with Crippen molar-refractivity contribution in [2.24, 2.45) is 0 Å². The number of piperidine rings is 1. The summed E-state index contributed by atoms with van der Waals surface area (Å²) < 4.78 is 4.89. The van der Waals surface area contributed by atoms with Gasteiger partial charge in [-0.3, -0.25) is 14.5 Å². The molecule has 2 rings (SSSR count). The van der Waals surface area contributed by atoms with Crippen LogP contribution in [-0.4, -0.2) is 56.6 Å². The maximum atomic E-state index is 12.0. The number of rotatable bonds is 7. The number of hydrogen-bond donors (Lipinski definition) is 2. The zero-order valence-electron chi connectivity index (χ0n) is 13.6. The largest absolute Gasteiger partial charge is 0.383 e. The Bertz CT molecular complexity index is 510. The summed E-state index contributed by atoms with van der Waals surface area (Å²) in [4.78, 5) is 26.1. The van der Waals surface area contributed by atoms with Gasteiger partial charge >= 0.3 is 0 Å². The number of anilines is 1. The van der Waals surface area contributed by atoms with Gasteiger partial charge in [-0.05, 0) is 50.2 Å². The molecule has 1 aromatic carbocycles. The molecule has 2 amide bonds. The average Bonchev–Trinajstić information content (AvgIpc) is 2.56. The molecule has 1 fully saturated rings. The summed E-state index contributed by atoms with van der Waals surface area (Å²) in [5, 5.41) is 5.63. The number of hydrogen-bond acceptors (Lipinski definition) is 4. The summed E-state index contributed by atoms with van der Waals surface area (Å²) in [7, 11) is 1.59. The topological polar surface area (TPSA) is 70.7 Å². The van der Waals surface area contributed by atoms with Crippen LogP contribution in [0.25, 0.3) is 0 Å². The minimum Gasteiger partial charge on any atom is -0.383 e. The molecule has 0 unspecified atom stereocenters. The molecule has 1 heterocycles. The van der Waals surface area contributed by atoms with E-state index in [1.807, 2.05) is 0 Å². The highest BCUT2D eigenvalue weighted by Crippen LogP contribution is 2.11. The fourth-order valence-electron chi connectivity index (χ4n) is 2.59. The molecule has 126 valence electrons. The first-order valence-corrected chi connectivity index (χ1v) is 8.08. The summed E-state index contributed by atoms with van der Waals surface area (Å²) >= 11 is 0. The second-order valence-electron chi connectivity index (χ2n) is 5.71. The molecule has 1 saturated heterocycles. The van der Waals surface area contributed by atoms with Crippen molar-refractivity contribution in [1.29, 1.82) is 0 Å². The van der Waals surface area contributed by atoms with E-state index in [4.69, 9.17) is 4.74 Å². The van der Waals surface area contributed by atoms with Crippen LogP contribution in [0.5, 0.6) is 0 Å². The van der Waals surface area contributed by atoms with Crippen LogP contribution in [0.15, 0.2) is 24.3 Å². The van der Waals surface area contributed by atoms with Crippen LogP contribution in [0.4, 0.5) is 5.69 Å². The Labute approximate surface area is 137 Å². The lowest BCUT2D eigenvalue weighted by Crippen LogP contribution is -2.36. The van der Waals surface area contributed by atoms with Gasteiger partial charge in [0.2, 0.25) is 5.91 Å². The quantitative estimate of drug-likeness (QED) is 0.747. The molecule has 2 N–H and O–H groups in total. The Morgan fingerprint density at radius 3 is 2.48 bits per heavy atom. The molecule has 0 atom stereocenters. The number of nitrogens with one attached hydrogen (secondary N) is 2. The number of carbonyl (C=O) groups excluding carboxylic acids is 2. The number of methoxy groups -OCH3 is 1. The third kappa shape index (κ3) is 6.00. The summed E-state index contributed by atoms with van der Waals surface area (Å²) in [5.41, 5.74) is 1.27. The van der Waals surface area contributed by atoms with Gasteiger partial charge in [-0.25, -0.2) is 0 Å². The number of carbonyl (C=O) groups is 2. The monoisotopic (exact) mass is 319 g/mol. The molecule has 6 nitrogen and oxygen atoms in total. The van der Waals surface area contributed by atoms with Gasteiger partial charge in [0.15, 0.2) is 0 Å². The average molecular weight is 319 g/mol. The second kappa shape index (κ2) is 9.27. The van der Waals surface area contributed by atoms with Crippen molar-refractivity contribution >= 4 is 17.5 Å². The number of amides is 2. The molecule has 0 saturated carbocycles. The van der Waals surface area contributed by atoms with E-state index in [0.29, 0.717) is 30.9 Å². The standard InChI is InChI=1S/C17H25N3O3/c1-23-12-9-18-17(22)14-5-7-15(8-6-14)19-16(21)13-20-10-3-2-4-11-20/h5-8H,2-4,9-13H2,1H3,(H,18,22)(H,19,21). The Morgan fingerprint density at radius 1 is 1.13 bits per heavy atom. The molecule has 0 aromatic heterocycles. The number of ether oxygens (including phenoxy) is 1. The third-order valence-electron chi connectivity index (χ3n) is 3.84. The Morgan fingerprint density at radius 2 is 1.83 bits per heavy atom. The fourth-order valence-corrected chi connectivity index (χ4v) is 2.59. The van der Waals surface area contributed by atoms with Crippen molar-refractivity contribution in [1.82, 2.24) is 10.2 Å². The van der Waals surface area contributed by atoms with Crippen molar-refractivity contribution < 1.29 is 14.3 Å². The number of benzene rings is 1. The zero-order valence-corrected chi connectivity index (χ0v) is 13.6. The second-order valence-corrected chi connectivity index (χ2v) is 5.71. The van der Waals surface area contributed by atoms with Crippen molar-refractivity contribution in [3.05, 3.63) is 29.8 Å². The van der Waals surface area contributed by atoms with Gasteiger partial charge in [-0.2, -0.15) is 0 Å². The number of nitrogens with zero attached hydrogens (tertiary/aromatic N) is 1. The third-order valence-corrected chi connectivity index (χ3v) is 3.84. The van der Waals surface area contributed by atoms with Gasteiger partial charge < -0.3 is 15.4 Å². The summed E-state index contributed by atoms with van der Waals surface area (Å²) in [6.07, 6.45) is 3.59. The minimum atomic E-state index is -0.145. The van der Waals surface area contributed by atoms with E-state index in [1.165, 1.54) is 19.3 Å². The molecular formula is C17H25N3O3. The predicted octanol–water partition coefficient (Wildman–Crippen LogP) is 1.49. The molecule has 1 aliphatic rings. The van der Waals surface area contributed by atoms with Gasteiger partial charge in [-0.15, -0.1) is 0 Å². The Hall–Kier alpha value is -1.92. The first-order valence-electron chi connectivity index (χ1n) is 8.08. The maximum absolute atomic E-state index is 12.0. The maximum Gasteiger partial charge on any atom is 0.251 e. The van der Waals surface area contributed by atoms with Crippen molar-refractivity contribution in [2.75, 3.05) is 45.2 Å². The van der Waals surface area contributed by atoms with Crippen LogP contribution in [0.1, 0.15) is 29.6 Å². The van der Waals surface area contributed by atoms with Crippen LogP contribution < -0.4 is 10.6 Å². The van der Waals surface area contributed by atoms with Crippen LogP contribution >= 0.6 is 0 Å². The summed E-state index contributed by atoms with van der Waals surface area (Å²) in [6.45, 7) is 3.38. The lowest BCUT2D eigenvalue weighted by Gasteiger charge is -2.25. The predicted molar refractivity (Wildman–Crippen MR) is 89.6 cm³/mol. The molecule has 23 heavy (non-hydrogen) atoms. The Kier molecular flexibility index (Phi) is 7.03. The van der Waals surface area contributed by atoms with Gasteiger partial charge in [-0.1, -0.05) is 6.42 Å². The van der Waals surface area contributed by atoms with E-state index < -0.39 is 0 Å². The van der Waals surface area contributed by atoms with Crippen molar-refractivity contribution in [3.8, 4) is 0 Å². The normalized spacial score (nSPS) is 15.2. The molecule has 0 aliphatic carbocycles. The highest BCUT2D eigenvalue weighted by atomic mass is 16.5. The van der Waals surface area contributed by atoms with E-state index in [1.54, 1.807) is 31.4 Å². The molecule has 1 aliphatic heterocycles. The van der Waals surface area contributed by atoms with Gasteiger partial charge in [0.1, 0.15) is 0 Å². The van der Waals surface area contributed by atoms with E-state index in [2.05, 4.69) is 15.5 Å². The SMILES string of the molecule is COCCNC(=O)c1ccc(NC(=O)CN2CCCCC2)cc1. The molecule has 6 heteroatoms. The fraction of sp³-hybridized carbons (Fsp3) is 0.529. The first-order chi connectivity index (χ1) is 11.2. The highest BCUT2D eigenvalue weighted by Gasteiger charge is 2.14. The van der Waals surface area contributed by atoms with E-state index in [9.17, 15) is 9.59 Å². The molecule has 0 bridgehead atoms. The summed E-state index contributed by atoms with van der Waals surface area (Å²) in [5.74, 6) is -0.155. The zero-order chi connectivity index (χ0) is 16.5. The van der Waals surface area contributed by atoms with E-state index in [-0.39, 0.29) is 11.8 Å². The Balaban J connectivity index is 1.79. The van der Waals surface area contributed by atoms with E-state index >= 15 is 0 Å². The highest BCUT2D eigenvalue weighted by molar-refractivity contribution is 5.96. The number of likely N-dealkylation sites (tertiary alicyclic amines) is 1. The van der Waals surface area contributed by atoms with E-state index in [0.717, 1.165) is 13.1 Å². The van der Waals surface area contributed by atoms with Gasteiger partial charge in [0, 0.05) is 24.9 Å². The molecule has 0 radical (unpaired) electrons. The van der Waals surface area contributed by atoms with Crippen LogP contribution in [0.3, 0.4) is 0 Å². The molecule has 1 aromatic rings. The lowest BCUT2D eigenvalue weighted by molar-refractivity contribution is -0.117. The van der Waals surface area contributed by atoms with Gasteiger partial charge in [0.25, 0.3) is 5.91 Å². The molecular weight excluding hydrogens is 294 g/mol. The smallest absolute Gasteiger partial charge is 0.251 e. The van der Waals surface area contributed by atoms with Crippen LogP contribution in [0.2, 0.25) is 0 Å². The molecule has 0 spiro atoms. The van der Waals surface area contributed by atoms with Crippen molar-refractivity contribution in [3.63, 3.8) is 0 Å². The van der Waals surface area contributed by atoms with Crippen LogP contribution in [-0.2, 0) is 9.53 Å². The summed E-state index contributed by atoms with van der Waals surface area (Å²) in [6, 6.07) is 6.91. The first kappa shape index (κ1) is 17.4. The van der Waals surface area contributed by atoms with Gasteiger partial charge in [0.05, 0.1) is 13.2 Å². The minimum absolute atomic E-state index is 0.0100. The lowest BCUT2D eigenvalue weighted by atomic mass is 10.1.